The van der Waals surface area contributed by atoms with Crippen LogP contribution in [-0.2, 0) is 9.31 Å². The minimum atomic E-state index is -0.354. The molecular weight excluding hydrogens is 1360 g/mol. The van der Waals surface area contributed by atoms with Crippen LogP contribution in [0.15, 0.2) is 329 Å². The van der Waals surface area contributed by atoms with Gasteiger partial charge in [0.1, 0.15) is 16.6 Å². The molecule has 0 bridgehead atoms. The van der Waals surface area contributed by atoms with Gasteiger partial charge in [-0.3, -0.25) is 0 Å². The van der Waals surface area contributed by atoms with Gasteiger partial charge in [-0.15, -0.1) is 0 Å². The van der Waals surface area contributed by atoms with E-state index in [1.165, 1.54) is 0 Å². The van der Waals surface area contributed by atoms with Gasteiger partial charge in [0.25, 0.3) is 0 Å². The van der Waals surface area contributed by atoms with Crippen molar-refractivity contribution in [1.29, 1.82) is 0 Å². The Morgan fingerprint density at radius 2 is 0.500 bits per heavy atom. The Bertz CT molecular complexity index is 5530. The summed E-state index contributed by atoms with van der Waals surface area (Å²) in [6.07, 6.45) is 0. The van der Waals surface area contributed by atoms with Crippen molar-refractivity contribution in [3.63, 3.8) is 0 Å². The number of hydrogen-bond acceptors (Lipinski definition) is 16. The van der Waals surface area contributed by atoms with Crippen LogP contribution in [0.3, 0.4) is 0 Å². The van der Waals surface area contributed by atoms with E-state index in [4.69, 9.17) is 60.7 Å². The molecule has 12 aromatic carbocycles. The van der Waals surface area contributed by atoms with E-state index in [0.29, 0.717) is 41.0 Å². The number of benzene rings is 12. The maximum Gasteiger partial charge on any atom is 0.494 e. The summed E-state index contributed by atoms with van der Waals surface area (Å²) in [6.45, 7) is 8.22. The SMILES string of the molecule is CC1(C)OB(c2ccc(-c3nc4ccccc4o3)cc2)OC1(C)C.Clc1nc(Cl)nc(-c2ccc(N(c3ccccc3)c3ccccc3)cc2)n1.c1ccc(N(c2ccccc2)c2ccc(-c3nc(-c4ccc(-c5nc6ccccc6o5)cc4)nc(-c4ccc(-c5nc6ccccc6o5)cc4)n3)cc2)cc1. The van der Waals surface area contributed by atoms with Crippen LogP contribution in [0, 0.1) is 0 Å². The number of halogens is 2. The quantitative estimate of drug-likeness (QED) is 0.0937. The number of aromatic nitrogens is 9. The normalized spacial score (nSPS) is 12.9. The molecule has 106 heavy (non-hydrogen) atoms. The molecular formula is C87H64BCl2N11O5. The molecule has 0 spiro atoms. The Morgan fingerprint density at radius 1 is 0.255 bits per heavy atom. The van der Waals surface area contributed by atoms with E-state index in [9.17, 15) is 0 Å². The van der Waals surface area contributed by atoms with Crippen LogP contribution < -0.4 is 15.3 Å². The highest BCUT2D eigenvalue weighted by Crippen LogP contribution is 2.40. The van der Waals surface area contributed by atoms with Crippen LogP contribution in [0.25, 0.3) is 113 Å². The third kappa shape index (κ3) is 14.6. The first-order valence-electron chi connectivity index (χ1n) is 34.4. The van der Waals surface area contributed by atoms with E-state index in [1.54, 1.807) is 0 Å². The summed E-state index contributed by atoms with van der Waals surface area (Å²) in [5.74, 6) is 3.84. The summed E-state index contributed by atoms with van der Waals surface area (Å²) in [5.41, 5.74) is 17.4. The largest absolute Gasteiger partial charge is 0.494 e. The summed E-state index contributed by atoms with van der Waals surface area (Å²) >= 11 is 11.8. The molecule has 1 fully saturated rings. The number of hydrogen-bond donors (Lipinski definition) is 0. The summed E-state index contributed by atoms with van der Waals surface area (Å²) < 4.78 is 30.0. The molecule has 19 heteroatoms. The van der Waals surface area contributed by atoms with E-state index in [1.807, 2.05) is 243 Å². The monoisotopic (exact) mass is 1420 g/mol. The molecule has 0 radical (unpaired) electrons. The molecule has 0 unspecified atom stereocenters. The molecule has 0 saturated carbocycles. The molecule has 16 nitrogen and oxygen atoms in total. The topological polar surface area (TPSA) is 180 Å². The standard InChI is InChI=1S/C47H30N6O2.C21H14Cl2N4.C19H20BNO3/c1-3-11-36(12-4-1)53(37-13-5-2-6-14-37)38-29-27-33(28-30-38)45-51-43(31-19-23-34(24-20-31)46-48-39-15-7-9-17-41(39)54-46)50-44(52-45)32-21-25-35(26-22-32)47-49-40-16-8-10-18-42(40)55-47;22-20-24-19(25-21(23)26-20)15-11-13-18(14-12-15)27(16-7-3-1-4-8-16)17-9-5-2-6-10-17;1-18(2)19(3,4)24-20(23-18)14-11-9-13(10-12-14)17-21-15-7-5-6-8-16(15)22-17/h1-30H;1-14H;5-12H,1-4H3. The Balaban J connectivity index is 0.000000140. The smallest absolute Gasteiger partial charge is 0.436 e. The van der Waals surface area contributed by atoms with Crippen LogP contribution in [0.1, 0.15) is 27.7 Å². The van der Waals surface area contributed by atoms with Crippen LogP contribution in [0.4, 0.5) is 34.1 Å². The van der Waals surface area contributed by atoms with E-state index in [2.05, 4.69) is 140 Å². The summed E-state index contributed by atoms with van der Waals surface area (Å²) in [4.78, 5) is 45.4. The molecule has 5 aromatic heterocycles. The van der Waals surface area contributed by atoms with Crippen LogP contribution in [0.2, 0.25) is 10.6 Å². The average Bonchev–Trinajstić information content (AvgIpc) is 1.42. The highest BCUT2D eigenvalue weighted by atomic mass is 35.5. The zero-order valence-electron chi connectivity index (χ0n) is 57.8. The number of rotatable bonds is 14. The Hall–Kier alpha value is -12.8. The van der Waals surface area contributed by atoms with Gasteiger partial charge in [-0.25, -0.2) is 29.9 Å². The number of nitrogens with zero attached hydrogens (tertiary/aromatic N) is 11. The first-order chi connectivity index (χ1) is 51.8. The van der Waals surface area contributed by atoms with Crippen molar-refractivity contribution in [2.45, 2.75) is 38.9 Å². The molecule has 6 heterocycles. The molecule has 17 aromatic rings. The van der Waals surface area contributed by atoms with Gasteiger partial charge in [0.2, 0.25) is 28.2 Å². The maximum absolute atomic E-state index is 6.08. The van der Waals surface area contributed by atoms with Crippen molar-refractivity contribution in [2.24, 2.45) is 0 Å². The predicted molar refractivity (Wildman–Crippen MR) is 422 cm³/mol. The van der Waals surface area contributed by atoms with Crippen molar-refractivity contribution < 1.29 is 22.6 Å². The highest BCUT2D eigenvalue weighted by molar-refractivity contribution is 6.62. The molecule has 0 atom stereocenters. The van der Waals surface area contributed by atoms with Crippen molar-refractivity contribution in [1.82, 2.24) is 44.9 Å². The van der Waals surface area contributed by atoms with Gasteiger partial charge in [-0.1, -0.05) is 146 Å². The second-order valence-electron chi connectivity index (χ2n) is 25.9. The third-order valence-electron chi connectivity index (χ3n) is 18.4. The summed E-state index contributed by atoms with van der Waals surface area (Å²) in [5, 5.41) is 0.147. The van der Waals surface area contributed by atoms with Gasteiger partial charge < -0.3 is 32.4 Å². The van der Waals surface area contributed by atoms with Crippen molar-refractivity contribution in [2.75, 3.05) is 9.80 Å². The van der Waals surface area contributed by atoms with E-state index in [0.717, 1.165) is 112 Å². The second-order valence-corrected chi connectivity index (χ2v) is 26.6. The Morgan fingerprint density at radius 3 is 0.802 bits per heavy atom. The molecule has 1 aliphatic rings. The predicted octanol–water partition coefficient (Wildman–Crippen LogP) is 22.1. The minimum absolute atomic E-state index is 0.0734. The lowest BCUT2D eigenvalue weighted by atomic mass is 9.79. The van der Waals surface area contributed by atoms with E-state index >= 15 is 0 Å². The number of para-hydroxylation sites is 10. The van der Waals surface area contributed by atoms with Gasteiger partial charge in [0.15, 0.2) is 40.0 Å². The Labute approximate surface area is 621 Å². The second kappa shape index (κ2) is 29.5. The zero-order chi connectivity index (χ0) is 72.1. The highest BCUT2D eigenvalue weighted by Gasteiger charge is 2.51. The fourth-order valence-corrected chi connectivity index (χ4v) is 12.6. The minimum Gasteiger partial charge on any atom is -0.436 e. The van der Waals surface area contributed by atoms with Crippen LogP contribution >= 0.6 is 23.2 Å². The van der Waals surface area contributed by atoms with Gasteiger partial charge in [0.05, 0.1) is 11.2 Å². The van der Waals surface area contributed by atoms with Crippen molar-refractivity contribution in [3.8, 4) is 79.9 Å². The lowest BCUT2D eigenvalue weighted by Crippen LogP contribution is -2.41. The Kier molecular flexibility index (Phi) is 18.9. The van der Waals surface area contributed by atoms with Crippen LogP contribution in [0.5, 0.6) is 0 Å². The number of oxazole rings is 3. The molecule has 1 aliphatic heterocycles. The molecule has 18 rings (SSSR count). The molecule has 514 valence electrons. The van der Waals surface area contributed by atoms with Crippen LogP contribution in [-0.4, -0.2) is 63.2 Å². The van der Waals surface area contributed by atoms with Gasteiger partial charge in [-0.05, 0) is 226 Å². The lowest BCUT2D eigenvalue weighted by molar-refractivity contribution is 0.00578. The first-order valence-corrected chi connectivity index (χ1v) is 35.1. The fourth-order valence-electron chi connectivity index (χ4n) is 12.2. The van der Waals surface area contributed by atoms with E-state index in [-0.39, 0.29) is 28.9 Å². The molecule has 1 saturated heterocycles. The lowest BCUT2D eigenvalue weighted by Gasteiger charge is -2.32. The van der Waals surface area contributed by atoms with Crippen molar-refractivity contribution >= 4 is 103 Å². The molecule has 0 N–H and O–H groups in total. The van der Waals surface area contributed by atoms with Gasteiger partial charge in [0, 0.05) is 73.1 Å². The van der Waals surface area contributed by atoms with E-state index < -0.39 is 0 Å². The molecule has 0 aliphatic carbocycles. The zero-order valence-corrected chi connectivity index (χ0v) is 59.3. The first kappa shape index (κ1) is 67.7. The molecule has 0 amide bonds. The van der Waals surface area contributed by atoms with Gasteiger partial charge >= 0.3 is 7.12 Å². The van der Waals surface area contributed by atoms with Gasteiger partial charge in [-0.2, -0.15) is 15.0 Å². The maximum atomic E-state index is 6.08. The third-order valence-corrected chi connectivity index (χ3v) is 18.7. The average molecular weight is 1430 g/mol. The van der Waals surface area contributed by atoms with Crippen molar-refractivity contribution in [3.05, 3.63) is 326 Å². The fraction of sp³-hybridized carbons (Fsp3) is 0.0690. The summed E-state index contributed by atoms with van der Waals surface area (Å²) in [7, 11) is -0.354. The number of fused-ring (bicyclic) bond motifs is 3. The number of anilines is 6. The summed E-state index contributed by atoms with van der Waals surface area (Å²) in [6, 6.07) is 104.